The zero-order valence-electron chi connectivity index (χ0n) is 14.4. The van der Waals surface area contributed by atoms with Crippen LogP contribution in [0.15, 0.2) is 34.6 Å². The van der Waals surface area contributed by atoms with Gasteiger partial charge >= 0.3 is 6.09 Å². The van der Waals surface area contributed by atoms with Crippen molar-refractivity contribution >= 4 is 40.3 Å². The number of aliphatic imine (C=N–C) groups is 1. The van der Waals surface area contributed by atoms with E-state index in [1.54, 1.807) is 29.2 Å². The summed E-state index contributed by atoms with van der Waals surface area (Å²) < 4.78 is 18.8. The number of benzene rings is 1. The number of carbonyl (C=O) groups is 1. The number of carbonyl (C=O) groups excluding carboxylic acids is 1. The standard InChI is InChI=1S/C18H19FN4O2S/c1-2-25-18(24)23-8-6-22(7-9-23)17-16-14(5-10-26-16)20-13-4-3-12(19)11-15(13)21-17/h3-5,10-11,20H,2,6-9H2,1H3. The first kappa shape index (κ1) is 16.8. The normalized spacial score (nSPS) is 16.2. The molecular weight excluding hydrogens is 355 g/mol. The smallest absolute Gasteiger partial charge is 0.409 e. The third-order valence-electron chi connectivity index (χ3n) is 4.43. The third kappa shape index (κ3) is 3.12. The molecule has 8 heteroatoms. The molecule has 0 unspecified atom stereocenters. The summed E-state index contributed by atoms with van der Waals surface area (Å²) in [7, 11) is 0. The second-order valence-electron chi connectivity index (χ2n) is 6.06. The number of nitrogens with zero attached hydrogens (tertiary/aromatic N) is 3. The number of hydrogen-bond acceptors (Lipinski definition) is 6. The molecule has 1 fully saturated rings. The van der Waals surface area contributed by atoms with Crippen LogP contribution in [0.2, 0.25) is 0 Å². The highest BCUT2D eigenvalue weighted by Gasteiger charge is 2.28. The highest BCUT2D eigenvalue weighted by molar-refractivity contribution is 7.12. The van der Waals surface area contributed by atoms with Crippen molar-refractivity contribution in [1.82, 2.24) is 9.80 Å². The topological polar surface area (TPSA) is 57.2 Å². The van der Waals surface area contributed by atoms with Crippen molar-refractivity contribution in [2.45, 2.75) is 6.92 Å². The monoisotopic (exact) mass is 374 g/mol. The van der Waals surface area contributed by atoms with Gasteiger partial charge < -0.3 is 19.9 Å². The molecule has 1 amide bonds. The number of amidine groups is 1. The van der Waals surface area contributed by atoms with Crippen molar-refractivity contribution in [2.75, 3.05) is 38.1 Å². The maximum Gasteiger partial charge on any atom is 0.409 e. The molecule has 3 heterocycles. The number of hydrogen-bond donors (Lipinski definition) is 1. The SMILES string of the molecule is CCOC(=O)N1CCN(C2=Nc3cc(F)ccc3Nc3ccsc32)CC1. The van der Waals surface area contributed by atoms with Crippen LogP contribution in [-0.4, -0.2) is 54.5 Å². The van der Waals surface area contributed by atoms with Gasteiger partial charge in [0.25, 0.3) is 0 Å². The second kappa shape index (κ2) is 6.95. The maximum absolute atomic E-state index is 13.7. The number of fused-ring (bicyclic) bond motifs is 2. The van der Waals surface area contributed by atoms with Crippen LogP contribution in [0, 0.1) is 5.82 Å². The average Bonchev–Trinajstić information content (AvgIpc) is 3.04. The molecule has 136 valence electrons. The molecule has 0 spiro atoms. The summed E-state index contributed by atoms with van der Waals surface area (Å²) in [5.41, 5.74) is 2.33. The van der Waals surface area contributed by atoms with Crippen LogP contribution in [-0.2, 0) is 4.74 Å². The Morgan fingerprint density at radius 3 is 2.85 bits per heavy atom. The van der Waals surface area contributed by atoms with Gasteiger partial charge in [-0.15, -0.1) is 11.3 Å². The fourth-order valence-electron chi connectivity index (χ4n) is 3.12. The van der Waals surface area contributed by atoms with Crippen LogP contribution >= 0.6 is 11.3 Å². The van der Waals surface area contributed by atoms with Crippen molar-refractivity contribution in [3.8, 4) is 0 Å². The van der Waals surface area contributed by atoms with Gasteiger partial charge in [-0.3, -0.25) is 0 Å². The highest BCUT2D eigenvalue weighted by Crippen LogP contribution is 2.37. The molecule has 0 atom stereocenters. The summed E-state index contributed by atoms with van der Waals surface area (Å²) in [6.45, 7) is 4.62. The fourth-order valence-corrected chi connectivity index (χ4v) is 3.99. The summed E-state index contributed by atoms with van der Waals surface area (Å²) in [5.74, 6) is 0.501. The summed E-state index contributed by atoms with van der Waals surface area (Å²) in [5, 5.41) is 5.35. The Bertz CT molecular complexity index is 859. The van der Waals surface area contributed by atoms with Gasteiger partial charge in [0, 0.05) is 32.2 Å². The van der Waals surface area contributed by atoms with E-state index in [-0.39, 0.29) is 11.9 Å². The van der Waals surface area contributed by atoms with E-state index in [2.05, 4.69) is 10.2 Å². The molecule has 1 saturated heterocycles. The van der Waals surface area contributed by atoms with E-state index >= 15 is 0 Å². The van der Waals surface area contributed by atoms with Crippen LogP contribution in [0.1, 0.15) is 11.8 Å². The number of piperazine rings is 1. The van der Waals surface area contributed by atoms with E-state index in [1.165, 1.54) is 12.1 Å². The van der Waals surface area contributed by atoms with Gasteiger partial charge in [-0.2, -0.15) is 0 Å². The summed E-state index contributed by atoms with van der Waals surface area (Å²) in [6.07, 6.45) is -0.277. The van der Waals surface area contributed by atoms with Crippen LogP contribution in [0.3, 0.4) is 0 Å². The molecule has 2 aromatic rings. The lowest BCUT2D eigenvalue weighted by atomic mass is 10.2. The van der Waals surface area contributed by atoms with Crippen molar-refractivity contribution in [2.24, 2.45) is 4.99 Å². The van der Waals surface area contributed by atoms with Gasteiger partial charge in [-0.1, -0.05) is 0 Å². The minimum absolute atomic E-state index is 0.277. The quantitative estimate of drug-likeness (QED) is 0.825. The highest BCUT2D eigenvalue weighted by atomic mass is 32.1. The molecule has 6 nitrogen and oxygen atoms in total. The Kier molecular flexibility index (Phi) is 4.50. The minimum Gasteiger partial charge on any atom is -0.450 e. The first-order chi connectivity index (χ1) is 12.7. The number of halogens is 1. The molecule has 1 aromatic heterocycles. The summed E-state index contributed by atoms with van der Waals surface area (Å²) in [6, 6.07) is 6.57. The molecule has 0 saturated carbocycles. The molecule has 2 aliphatic heterocycles. The number of ether oxygens (including phenoxy) is 1. The van der Waals surface area contributed by atoms with Crippen LogP contribution in [0.5, 0.6) is 0 Å². The van der Waals surface area contributed by atoms with Gasteiger partial charge in [0.2, 0.25) is 0 Å². The minimum atomic E-state index is -0.314. The van der Waals surface area contributed by atoms with Gasteiger partial charge in [0.15, 0.2) is 0 Å². The second-order valence-corrected chi connectivity index (χ2v) is 6.97. The number of thiophene rings is 1. The zero-order valence-corrected chi connectivity index (χ0v) is 15.2. The Morgan fingerprint density at radius 1 is 1.27 bits per heavy atom. The first-order valence-corrected chi connectivity index (χ1v) is 9.43. The third-order valence-corrected chi connectivity index (χ3v) is 5.34. The lowest BCUT2D eigenvalue weighted by Crippen LogP contribution is -2.50. The molecular formula is C18H19FN4O2S. The first-order valence-electron chi connectivity index (χ1n) is 8.55. The molecule has 4 rings (SSSR count). The van der Waals surface area contributed by atoms with E-state index in [9.17, 15) is 9.18 Å². The van der Waals surface area contributed by atoms with Crippen molar-refractivity contribution in [3.05, 3.63) is 40.3 Å². The van der Waals surface area contributed by atoms with Crippen molar-refractivity contribution in [1.29, 1.82) is 0 Å². The molecule has 1 aromatic carbocycles. The van der Waals surface area contributed by atoms with E-state index in [4.69, 9.17) is 9.73 Å². The Labute approximate surface area is 154 Å². The predicted octanol–water partition coefficient (Wildman–Crippen LogP) is 3.80. The fraction of sp³-hybridized carbons (Fsp3) is 0.333. The number of rotatable bonds is 1. The van der Waals surface area contributed by atoms with Gasteiger partial charge in [-0.25, -0.2) is 14.2 Å². The number of amides is 1. The summed E-state index contributed by atoms with van der Waals surface area (Å²) in [4.78, 5) is 21.5. The zero-order chi connectivity index (χ0) is 18.1. The van der Waals surface area contributed by atoms with Gasteiger partial charge in [0.05, 0.1) is 28.5 Å². The maximum atomic E-state index is 13.7. The van der Waals surface area contributed by atoms with Crippen LogP contribution in [0.4, 0.5) is 26.2 Å². The Balaban J connectivity index is 1.62. The largest absolute Gasteiger partial charge is 0.450 e. The van der Waals surface area contributed by atoms with Gasteiger partial charge in [-0.05, 0) is 30.5 Å². The predicted molar refractivity (Wildman–Crippen MR) is 100 cm³/mol. The van der Waals surface area contributed by atoms with Crippen molar-refractivity contribution in [3.63, 3.8) is 0 Å². The molecule has 0 bridgehead atoms. The number of anilines is 2. The lowest BCUT2D eigenvalue weighted by molar-refractivity contribution is 0.0921. The van der Waals surface area contributed by atoms with Crippen LogP contribution < -0.4 is 5.32 Å². The van der Waals surface area contributed by atoms with E-state index in [0.717, 1.165) is 22.1 Å². The Hall–Kier alpha value is -2.61. The molecule has 0 radical (unpaired) electrons. The van der Waals surface area contributed by atoms with Crippen molar-refractivity contribution < 1.29 is 13.9 Å². The van der Waals surface area contributed by atoms with Gasteiger partial charge in [0.1, 0.15) is 11.7 Å². The van der Waals surface area contributed by atoms with Crippen LogP contribution in [0.25, 0.3) is 0 Å². The molecule has 0 aliphatic carbocycles. The van der Waals surface area contributed by atoms with E-state index in [1.807, 2.05) is 11.4 Å². The molecule has 2 aliphatic rings. The van der Waals surface area contributed by atoms with E-state index in [0.29, 0.717) is 38.5 Å². The molecule has 26 heavy (non-hydrogen) atoms. The Morgan fingerprint density at radius 2 is 2.08 bits per heavy atom. The number of nitrogens with one attached hydrogen (secondary N) is 1. The average molecular weight is 374 g/mol. The molecule has 1 N–H and O–H groups in total. The summed E-state index contributed by atoms with van der Waals surface area (Å²) >= 11 is 1.60. The lowest BCUT2D eigenvalue weighted by Gasteiger charge is -2.35. The van der Waals surface area contributed by atoms with E-state index < -0.39 is 0 Å².